The van der Waals surface area contributed by atoms with Gasteiger partial charge >= 0.3 is 11.9 Å². The molecule has 0 amide bonds. The molecule has 1 fully saturated rings. The van der Waals surface area contributed by atoms with Gasteiger partial charge in [0.1, 0.15) is 6.10 Å². The Morgan fingerprint density at radius 2 is 2.04 bits per heavy atom. The molecule has 0 saturated carbocycles. The van der Waals surface area contributed by atoms with E-state index in [0.29, 0.717) is 11.1 Å². The molecule has 0 aromatic heterocycles. The van der Waals surface area contributed by atoms with Gasteiger partial charge in [-0.15, -0.1) is 0 Å². The van der Waals surface area contributed by atoms with Crippen LogP contribution in [0.4, 0.5) is 0 Å². The van der Waals surface area contributed by atoms with Crippen molar-refractivity contribution in [1.29, 1.82) is 0 Å². The molecule has 4 rings (SSSR count). The minimum atomic E-state index is -0.843. The van der Waals surface area contributed by atoms with E-state index in [9.17, 15) is 14.7 Å². The number of aliphatic hydroxyl groups excluding tert-OH is 1. The SMILES string of the molecule is CC1=C[C@H](O/C=C2/C(=O)O[C@H]3C4=C(CCCC4(C)C)[C@H](O)[C@H]23)OC1=O. The lowest BCUT2D eigenvalue weighted by molar-refractivity contribution is -0.152. The molecule has 2 heterocycles. The first-order valence-corrected chi connectivity index (χ1v) is 8.67. The molecular formula is C19H22O6. The Labute approximate surface area is 146 Å². The predicted octanol–water partition coefficient (Wildman–Crippen LogP) is 2.14. The number of rotatable bonds is 2. The topological polar surface area (TPSA) is 82.1 Å². The molecule has 2 aliphatic carbocycles. The van der Waals surface area contributed by atoms with Crippen molar-refractivity contribution in [2.45, 2.75) is 58.5 Å². The highest BCUT2D eigenvalue weighted by molar-refractivity contribution is 5.93. The summed E-state index contributed by atoms with van der Waals surface area (Å²) in [6.07, 6.45) is 3.70. The van der Waals surface area contributed by atoms with Gasteiger partial charge < -0.3 is 19.3 Å². The van der Waals surface area contributed by atoms with Gasteiger partial charge in [0.15, 0.2) is 0 Å². The van der Waals surface area contributed by atoms with E-state index in [1.807, 2.05) is 0 Å². The summed E-state index contributed by atoms with van der Waals surface area (Å²) in [5.74, 6) is -1.36. The van der Waals surface area contributed by atoms with Gasteiger partial charge in [-0.3, -0.25) is 0 Å². The van der Waals surface area contributed by atoms with Crippen molar-refractivity contribution in [2.75, 3.05) is 0 Å². The van der Waals surface area contributed by atoms with E-state index in [0.717, 1.165) is 30.4 Å². The molecule has 134 valence electrons. The Morgan fingerprint density at radius 3 is 2.72 bits per heavy atom. The third kappa shape index (κ3) is 2.42. The number of carbonyl (C=O) groups is 2. The van der Waals surface area contributed by atoms with E-state index in [4.69, 9.17) is 14.2 Å². The summed E-state index contributed by atoms with van der Waals surface area (Å²) < 4.78 is 16.1. The largest absolute Gasteiger partial charge is 0.458 e. The van der Waals surface area contributed by atoms with Crippen LogP contribution in [0.3, 0.4) is 0 Å². The second-order valence-corrected chi connectivity index (χ2v) is 7.81. The number of esters is 2. The zero-order valence-electron chi connectivity index (χ0n) is 14.6. The van der Waals surface area contributed by atoms with Crippen LogP contribution in [0.5, 0.6) is 0 Å². The number of hydrogen-bond acceptors (Lipinski definition) is 6. The van der Waals surface area contributed by atoms with Crippen molar-refractivity contribution in [3.8, 4) is 0 Å². The third-order valence-corrected chi connectivity index (χ3v) is 5.72. The highest BCUT2D eigenvalue weighted by Gasteiger charge is 2.56. The van der Waals surface area contributed by atoms with Gasteiger partial charge in [-0.25, -0.2) is 9.59 Å². The van der Waals surface area contributed by atoms with Gasteiger partial charge in [-0.1, -0.05) is 13.8 Å². The quantitative estimate of drug-likeness (QED) is 0.357. The van der Waals surface area contributed by atoms with Crippen LogP contribution in [0, 0.1) is 11.3 Å². The minimum absolute atomic E-state index is 0.0919. The van der Waals surface area contributed by atoms with E-state index < -0.39 is 36.4 Å². The standard InChI is InChI=1S/C19H22O6/c1-9-7-12(24-17(9)21)23-8-11-13-15(20)10-5-4-6-19(2,3)14(10)16(13)25-18(11)22/h7-8,12-13,15-16,20H,4-6H2,1-3H3/b11-8+/t12-,13+,15+,16-/m1/s1. The lowest BCUT2D eigenvalue weighted by Crippen LogP contribution is -2.27. The average Bonchev–Trinajstić information content (AvgIpc) is 3.11. The van der Waals surface area contributed by atoms with E-state index in [1.54, 1.807) is 13.0 Å². The lowest BCUT2D eigenvalue weighted by atomic mass is 9.72. The summed E-state index contributed by atoms with van der Waals surface area (Å²) in [6.45, 7) is 5.90. The second-order valence-electron chi connectivity index (χ2n) is 7.81. The Morgan fingerprint density at radius 1 is 1.28 bits per heavy atom. The fourth-order valence-corrected chi connectivity index (χ4v) is 4.49. The van der Waals surface area contributed by atoms with E-state index in [2.05, 4.69) is 13.8 Å². The Bertz CT molecular complexity index is 741. The van der Waals surface area contributed by atoms with Crippen LogP contribution in [0.1, 0.15) is 40.0 Å². The highest BCUT2D eigenvalue weighted by Crippen LogP contribution is 2.54. The first-order chi connectivity index (χ1) is 11.8. The molecule has 0 aromatic rings. The number of carbonyl (C=O) groups excluding carboxylic acids is 2. The monoisotopic (exact) mass is 346 g/mol. The number of aliphatic hydroxyl groups is 1. The normalized spacial score (nSPS) is 37.6. The maximum Gasteiger partial charge on any atom is 0.338 e. The molecule has 6 nitrogen and oxygen atoms in total. The van der Waals surface area contributed by atoms with Crippen molar-refractivity contribution in [3.05, 3.63) is 34.6 Å². The molecule has 0 spiro atoms. The second kappa shape index (κ2) is 5.46. The van der Waals surface area contributed by atoms with Gasteiger partial charge in [0, 0.05) is 11.6 Å². The zero-order chi connectivity index (χ0) is 17.9. The van der Waals surface area contributed by atoms with E-state index >= 15 is 0 Å². The Balaban J connectivity index is 1.60. The lowest BCUT2D eigenvalue weighted by Gasteiger charge is -2.34. The first-order valence-electron chi connectivity index (χ1n) is 8.67. The smallest absolute Gasteiger partial charge is 0.338 e. The summed E-state index contributed by atoms with van der Waals surface area (Å²) in [6, 6.07) is 0. The molecule has 6 heteroatoms. The predicted molar refractivity (Wildman–Crippen MR) is 86.8 cm³/mol. The van der Waals surface area contributed by atoms with Crippen molar-refractivity contribution in [3.63, 3.8) is 0 Å². The van der Waals surface area contributed by atoms with Crippen LogP contribution >= 0.6 is 0 Å². The molecule has 1 saturated heterocycles. The number of fused-ring (bicyclic) bond motifs is 2. The molecule has 0 unspecified atom stereocenters. The third-order valence-electron chi connectivity index (χ3n) is 5.72. The fraction of sp³-hybridized carbons (Fsp3) is 0.579. The van der Waals surface area contributed by atoms with Crippen molar-refractivity contribution >= 4 is 11.9 Å². The number of cyclic esters (lactones) is 1. The van der Waals surface area contributed by atoms with Crippen LogP contribution in [0.15, 0.2) is 34.6 Å². The fourth-order valence-electron chi connectivity index (χ4n) is 4.49. The molecule has 25 heavy (non-hydrogen) atoms. The van der Waals surface area contributed by atoms with Crippen LogP contribution in [-0.4, -0.2) is 35.5 Å². The summed E-state index contributed by atoms with van der Waals surface area (Å²) in [7, 11) is 0. The zero-order valence-corrected chi connectivity index (χ0v) is 14.6. The Hall–Kier alpha value is -2.08. The summed E-state index contributed by atoms with van der Waals surface area (Å²) in [4.78, 5) is 23.7. The van der Waals surface area contributed by atoms with Crippen LogP contribution in [0.25, 0.3) is 0 Å². The van der Waals surface area contributed by atoms with Crippen LogP contribution in [-0.2, 0) is 23.8 Å². The Kier molecular flexibility index (Phi) is 3.58. The summed E-state index contributed by atoms with van der Waals surface area (Å²) in [5.41, 5.74) is 2.75. The number of ether oxygens (including phenoxy) is 3. The molecule has 0 radical (unpaired) electrons. The number of hydrogen-bond donors (Lipinski definition) is 1. The summed E-state index contributed by atoms with van der Waals surface area (Å²) in [5, 5.41) is 10.8. The van der Waals surface area contributed by atoms with Gasteiger partial charge in [0.05, 0.1) is 23.9 Å². The molecule has 0 aromatic carbocycles. The van der Waals surface area contributed by atoms with Crippen LogP contribution < -0.4 is 0 Å². The molecular weight excluding hydrogens is 324 g/mol. The van der Waals surface area contributed by atoms with E-state index in [-0.39, 0.29) is 5.41 Å². The van der Waals surface area contributed by atoms with Gasteiger partial charge in [0.25, 0.3) is 6.29 Å². The highest BCUT2D eigenvalue weighted by atomic mass is 16.7. The van der Waals surface area contributed by atoms with Crippen molar-refractivity contribution in [2.24, 2.45) is 11.3 Å². The summed E-state index contributed by atoms with van der Waals surface area (Å²) >= 11 is 0. The van der Waals surface area contributed by atoms with Crippen molar-refractivity contribution in [1.82, 2.24) is 0 Å². The minimum Gasteiger partial charge on any atom is -0.458 e. The average molecular weight is 346 g/mol. The van der Waals surface area contributed by atoms with Crippen molar-refractivity contribution < 1.29 is 28.9 Å². The molecule has 2 aliphatic heterocycles. The molecule has 0 bridgehead atoms. The van der Waals surface area contributed by atoms with Gasteiger partial charge in [-0.2, -0.15) is 0 Å². The first kappa shape index (κ1) is 16.4. The van der Waals surface area contributed by atoms with E-state index in [1.165, 1.54) is 6.26 Å². The van der Waals surface area contributed by atoms with Gasteiger partial charge in [-0.05, 0) is 42.7 Å². The molecule has 4 atom stereocenters. The maximum atomic E-state index is 12.3. The maximum absolute atomic E-state index is 12.3. The molecule has 1 N–H and O–H groups in total. The van der Waals surface area contributed by atoms with Crippen LogP contribution in [0.2, 0.25) is 0 Å². The van der Waals surface area contributed by atoms with Gasteiger partial charge in [0.2, 0.25) is 0 Å². The molecule has 4 aliphatic rings.